The molecule has 202 valence electrons. The second-order valence-electron chi connectivity index (χ2n) is 11.4. The molecule has 0 atom stereocenters. The quantitative estimate of drug-likeness (QED) is 0.553. The minimum absolute atomic E-state index is 0.176. The van der Waals surface area contributed by atoms with Crippen LogP contribution in [0.5, 0.6) is 5.75 Å². The Bertz CT molecular complexity index is 1060. The van der Waals surface area contributed by atoms with Gasteiger partial charge in [0.15, 0.2) is 11.6 Å². The van der Waals surface area contributed by atoms with Gasteiger partial charge in [-0.15, -0.1) is 0 Å². The van der Waals surface area contributed by atoms with Crippen molar-refractivity contribution >= 4 is 17.9 Å². The smallest absolute Gasteiger partial charge is 0.410 e. The molecule has 2 aliphatic carbocycles. The molecule has 2 aliphatic heterocycles. The predicted molar refractivity (Wildman–Crippen MR) is 130 cm³/mol. The fraction of sp³-hybridized carbons (Fsp3) is 0.667. The number of ether oxygens (including phenoxy) is 2. The Morgan fingerprint density at radius 2 is 1.78 bits per heavy atom. The van der Waals surface area contributed by atoms with Crippen molar-refractivity contribution < 1.29 is 32.6 Å². The van der Waals surface area contributed by atoms with E-state index in [1.54, 1.807) is 0 Å². The second-order valence-corrected chi connectivity index (χ2v) is 11.4. The molecule has 4 fully saturated rings. The number of benzene rings is 1. The van der Waals surface area contributed by atoms with Gasteiger partial charge >= 0.3 is 6.09 Å². The first kappa shape index (κ1) is 25.7. The van der Waals surface area contributed by atoms with E-state index in [-0.39, 0.29) is 49.6 Å². The van der Waals surface area contributed by atoms with E-state index in [9.17, 15) is 23.2 Å². The highest BCUT2D eigenvalue weighted by Gasteiger charge is 2.47. The van der Waals surface area contributed by atoms with Crippen molar-refractivity contribution in [1.29, 1.82) is 0 Å². The third kappa shape index (κ3) is 5.83. The van der Waals surface area contributed by atoms with Crippen molar-refractivity contribution in [3.63, 3.8) is 0 Å². The first-order chi connectivity index (χ1) is 17.7. The topological polar surface area (TPSA) is 88.2 Å². The predicted octanol–water partition coefficient (Wildman–Crippen LogP) is 3.88. The first-order valence-corrected chi connectivity index (χ1v) is 13.3. The Kier molecular flexibility index (Phi) is 7.02. The van der Waals surface area contributed by atoms with Crippen LogP contribution in [0.1, 0.15) is 68.6 Å². The minimum atomic E-state index is -0.866. The average Bonchev–Trinajstić information content (AvgIpc) is 3.58. The van der Waals surface area contributed by atoms with Crippen molar-refractivity contribution in [2.75, 3.05) is 39.3 Å². The molecule has 1 aromatic rings. The largest absolute Gasteiger partial charge is 0.490 e. The maximum absolute atomic E-state index is 14.6. The second kappa shape index (κ2) is 10.1. The lowest BCUT2D eigenvalue weighted by Gasteiger charge is -2.52. The van der Waals surface area contributed by atoms with Crippen LogP contribution in [0.2, 0.25) is 0 Å². The van der Waals surface area contributed by atoms with Gasteiger partial charge in [-0.2, -0.15) is 0 Å². The summed E-state index contributed by atoms with van der Waals surface area (Å²) in [5.41, 5.74) is -0.324. The molecule has 10 heteroatoms. The molecular formula is C27H35F2N3O5. The summed E-state index contributed by atoms with van der Waals surface area (Å²) in [5.74, 6) is -2.34. The van der Waals surface area contributed by atoms with Gasteiger partial charge in [0.1, 0.15) is 11.4 Å². The molecule has 4 aliphatic rings. The van der Waals surface area contributed by atoms with Crippen molar-refractivity contribution in [1.82, 2.24) is 15.1 Å². The maximum atomic E-state index is 14.6. The molecule has 2 saturated carbocycles. The number of likely N-dealkylation sites (tertiary alicyclic amines) is 1. The molecule has 0 bridgehead atoms. The van der Waals surface area contributed by atoms with Crippen LogP contribution in [0.25, 0.3) is 0 Å². The fourth-order valence-electron chi connectivity index (χ4n) is 5.83. The normalized spacial score (nSPS) is 22.3. The van der Waals surface area contributed by atoms with Gasteiger partial charge in [-0.25, -0.2) is 13.6 Å². The van der Waals surface area contributed by atoms with Crippen LogP contribution in [0, 0.1) is 23.0 Å². The molecule has 3 amide bonds. The van der Waals surface area contributed by atoms with E-state index in [2.05, 4.69) is 5.32 Å². The molecule has 1 spiro atoms. The fourth-order valence-corrected chi connectivity index (χ4v) is 5.83. The van der Waals surface area contributed by atoms with E-state index in [1.165, 1.54) is 4.90 Å². The third-order valence-electron chi connectivity index (χ3n) is 8.41. The first-order valence-electron chi connectivity index (χ1n) is 13.3. The van der Waals surface area contributed by atoms with E-state index in [0.29, 0.717) is 11.3 Å². The number of carbonyl (C=O) groups excluding carboxylic acids is 3. The van der Waals surface area contributed by atoms with Crippen LogP contribution >= 0.6 is 0 Å². The van der Waals surface area contributed by atoms with Gasteiger partial charge in [0.25, 0.3) is 5.91 Å². The number of halogens is 2. The standard InChI is InChI=1S/C27H35F2N3O5/c1-26(4-5-26)37-25(35)31-9-6-27(7-10-31)15-18(16-27)3-2-12-36-22-14-20(28)19(13-21(22)29)24(34)32-11-8-30-23(33)17-32/h13-14,18H,2-12,15-17H2,1H3,(H,30,33). The van der Waals surface area contributed by atoms with Crippen LogP contribution in [0.3, 0.4) is 0 Å². The summed E-state index contributed by atoms with van der Waals surface area (Å²) in [6, 6.07) is 1.76. The van der Waals surface area contributed by atoms with Crippen LogP contribution in [0.4, 0.5) is 13.6 Å². The van der Waals surface area contributed by atoms with Gasteiger partial charge in [-0.05, 0) is 75.7 Å². The van der Waals surface area contributed by atoms with Crippen LogP contribution < -0.4 is 10.1 Å². The van der Waals surface area contributed by atoms with Gasteiger partial charge in [0.2, 0.25) is 5.91 Å². The number of piperidine rings is 1. The number of rotatable bonds is 7. The third-order valence-corrected chi connectivity index (χ3v) is 8.41. The number of amides is 3. The van der Waals surface area contributed by atoms with E-state index in [4.69, 9.17) is 9.47 Å². The summed E-state index contributed by atoms with van der Waals surface area (Å²) >= 11 is 0. The van der Waals surface area contributed by atoms with Crippen LogP contribution in [-0.2, 0) is 9.53 Å². The lowest BCUT2D eigenvalue weighted by molar-refractivity contribution is -0.123. The number of piperazine rings is 1. The molecule has 0 unspecified atom stereocenters. The molecule has 2 heterocycles. The maximum Gasteiger partial charge on any atom is 0.410 e. The molecular weight excluding hydrogens is 484 g/mol. The molecule has 2 saturated heterocycles. The van der Waals surface area contributed by atoms with Crippen molar-refractivity contribution in [2.45, 2.75) is 63.9 Å². The molecule has 0 radical (unpaired) electrons. The Morgan fingerprint density at radius 1 is 1.05 bits per heavy atom. The van der Waals surface area contributed by atoms with Gasteiger partial charge in [-0.3, -0.25) is 9.59 Å². The lowest BCUT2D eigenvalue weighted by Crippen LogP contribution is -2.50. The van der Waals surface area contributed by atoms with Crippen LogP contribution in [0.15, 0.2) is 12.1 Å². The molecule has 37 heavy (non-hydrogen) atoms. The molecule has 1 N–H and O–H groups in total. The summed E-state index contributed by atoms with van der Waals surface area (Å²) in [7, 11) is 0. The summed E-state index contributed by atoms with van der Waals surface area (Å²) in [6.07, 6.45) is 7.66. The molecule has 0 aromatic heterocycles. The highest BCUT2D eigenvalue weighted by molar-refractivity contribution is 5.97. The number of hydrogen-bond donors (Lipinski definition) is 1. The van der Waals surface area contributed by atoms with Crippen molar-refractivity contribution in [3.05, 3.63) is 29.3 Å². The summed E-state index contributed by atoms with van der Waals surface area (Å²) in [4.78, 5) is 39.4. The summed E-state index contributed by atoms with van der Waals surface area (Å²) < 4.78 is 40.2. The van der Waals surface area contributed by atoms with Crippen LogP contribution in [-0.4, -0.2) is 72.6 Å². The number of nitrogens with zero attached hydrogens (tertiary/aromatic N) is 2. The van der Waals surface area contributed by atoms with E-state index >= 15 is 0 Å². The zero-order chi connectivity index (χ0) is 26.2. The van der Waals surface area contributed by atoms with Gasteiger partial charge < -0.3 is 24.6 Å². The molecule has 5 rings (SSSR count). The van der Waals surface area contributed by atoms with E-state index in [0.717, 1.165) is 76.6 Å². The average molecular weight is 520 g/mol. The number of carbonyl (C=O) groups is 3. The number of hydrogen-bond acceptors (Lipinski definition) is 5. The van der Waals surface area contributed by atoms with Gasteiger partial charge in [-0.1, -0.05) is 0 Å². The van der Waals surface area contributed by atoms with Gasteiger partial charge in [0, 0.05) is 32.2 Å². The zero-order valence-corrected chi connectivity index (χ0v) is 21.3. The highest BCUT2D eigenvalue weighted by Crippen LogP contribution is 2.54. The highest BCUT2D eigenvalue weighted by atomic mass is 19.1. The zero-order valence-electron chi connectivity index (χ0n) is 21.3. The minimum Gasteiger partial charge on any atom is -0.490 e. The Labute approximate surface area is 215 Å². The SMILES string of the molecule is CC1(OC(=O)N2CCC3(CC2)CC(CCCOc2cc(F)c(C(=O)N4CCNC(=O)C4)cc2F)C3)CC1. The summed E-state index contributed by atoms with van der Waals surface area (Å²) in [6.45, 7) is 4.10. The van der Waals surface area contributed by atoms with E-state index < -0.39 is 23.1 Å². The lowest BCUT2D eigenvalue weighted by atomic mass is 9.56. The summed E-state index contributed by atoms with van der Waals surface area (Å²) in [5, 5.41) is 2.59. The Hall–Kier alpha value is -2.91. The monoisotopic (exact) mass is 519 g/mol. The Morgan fingerprint density at radius 3 is 2.46 bits per heavy atom. The van der Waals surface area contributed by atoms with Gasteiger partial charge in [0.05, 0.1) is 18.7 Å². The molecule has 1 aromatic carbocycles. The Balaban J connectivity index is 1.02. The van der Waals surface area contributed by atoms with E-state index in [1.807, 2.05) is 11.8 Å². The van der Waals surface area contributed by atoms with Crippen molar-refractivity contribution in [2.24, 2.45) is 11.3 Å². The van der Waals surface area contributed by atoms with Crippen molar-refractivity contribution in [3.8, 4) is 5.75 Å². The number of nitrogens with one attached hydrogen (secondary N) is 1. The molecule has 8 nitrogen and oxygen atoms in total.